The molecule has 0 saturated heterocycles. The molecule has 0 aliphatic rings. The molecule has 0 amide bonds. The summed E-state index contributed by atoms with van der Waals surface area (Å²) >= 11 is 17.8. The zero-order valence-corrected chi connectivity index (χ0v) is 12.0. The van der Waals surface area contributed by atoms with Crippen molar-refractivity contribution in [3.63, 3.8) is 0 Å². The van der Waals surface area contributed by atoms with Gasteiger partial charge in [0.05, 0.1) is 20.8 Å². The maximum absolute atomic E-state index is 8.85. The number of benzene rings is 1. The molecule has 0 aliphatic heterocycles. The van der Waals surface area contributed by atoms with Crippen molar-refractivity contribution in [2.24, 2.45) is 0 Å². The Balaban J connectivity index is 2.39. The van der Waals surface area contributed by atoms with E-state index in [9.17, 15) is 0 Å². The summed E-state index contributed by atoms with van der Waals surface area (Å²) in [5, 5.41) is 12.9. The third-order valence-corrected chi connectivity index (χ3v) is 3.26. The predicted octanol–water partition coefficient (Wildman–Crippen LogP) is 4.36. The van der Waals surface area contributed by atoms with Crippen molar-refractivity contribution < 1.29 is 0 Å². The summed E-state index contributed by atoms with van der Waals surface area (Å²) in [6.45, 7) is 1.77. The van der Waals surface area contributed by atoms with Gasteiger partial charge in [0.1, 0.15) is 11.8 Å². The quantitative estimate of drug-likeness (QED) is 0.837. The highest BCUT2D eigenvalue weighted by Gasteiger charge is 2.08. The Morgan fingerprint density at radius 2 is 1.74 bits per heavy atom. The number of halogens is 3. The van der Waals surface area contributed by atoms with Gasteiger partial charge in [-0.05, 0) is 25.1 Å². The Bertz CT molecular complexity index is 679. The lowest BCUT2D eigenvalue weighted by atomic mass is 10.3. The summed E-state index contributed by atoms with van der Waals surface area (Å²) < 4.78 is 0. The molecule has 0 unspecified atom stereocenters. The Labute approximate surface area is 125 Å². The number of hydrogen-bond acceptors (Lipinski definition) is 4. The summed E-state index contributed by atoms with van der Waals surface area (Å²) in [6, 6.07) is 6.64. The smallest absolute Gasteiger partial charge is 0.228 e. The molecule has 96 valence electrons. The van der Waals surface area contributed by atoms with Gasteiger partial charge in [-0.25, -0.2) is 9.97 Å². The summed E-state index contributed by atoms with van der Waals surface area (Å²) in [5.74, 6) is 0.275. The first-order valence-electron chi connectivity index (χ1n) is 5.17. The van der Waals surface area contributed by atoms with Crippen molar-refractivity contribution in [3.05, 3.63) is 44.7 Å². The second-order valence-electron chi connectivity index (χ2n) is 3.70. The summed E-state index contributed by atoms with van der Waals surface area (Å²) in [4.78, 5) is 8.18. The van der Waals surface area contributed by atoms with E-state index in [1.165, 1.54) is 6.07 Å². The maximum Gasteiger partial charge on any atom is 0.228 e. The molecule has 0 spiro atoms. The third kappa shape index (κ3) is 3.27. The Hall–Kier alpha value is -1.54. The number of anilines is 2. The summed E-state index contributed by atoms with van der Waals surface area (Å²) in [7, 11) is 0. The van der Waals surface area contributed by atoms with Gasteiger partial charge in [0.25, 0.3) is 0 Å². The number of nitrogens with one attached hydrogen (secondary N) is 1. The van der Waals surface area contributed by atoms with Crippen LogP contribution in [0.2, 0.25) is 15.1 Å². The van der Waals surface area contributed by atoms with Crippen molar-refractivity contribution in [2.75, 3.05) is 5.32 Å². The van der Waals surface area contributed by atoms with Gasteiger partial charge >= 0.3 is 0 Å². The molecular weight excluding hydrogens is 307 g/mol. The molecule has 2 rings (SSSR count). The molecule has 19 heavy (non-hydrogen) atoms. The highest BCUT2D eigenvalue weighted by atomic mass is 35.5. The van der Waals surface area contributed by atoms with Crippen LogP contribution in [0.25, 0.3) is 0 Å². The van der Waals surface area contributed by atoms with E-state index >= 15 is 0 Å². The van der Waals surface area contributed by atoms with Gasteiger partial charge in [-0.2, -0.15) is 5.26 Å². The lowest BCUT2D eigenvalue weighted by Gasteiger charge is -2.09. The largest absolute Gasteiger partial charge is 0.323 e. The minimum absolute atomic E-state index is 0.270. The van der Waals surface area contributed by atoms with Gasteiger partial charge in [-0.1, -0.05) is 34.8 Å². The molecular formula is C12H7Cl3N4. The minimum atomic E-state index is 0.270. The van der Waals surface area contributed by atoms with Crippen molar-refractivity contribution in [1.29, 1.82) is 5.26 Å². The van der Waals surface area contributed by atoms with Crippen LogP contribution in [0.5, 0.6) is 0 Å². The topological polar surface area (TPSA) is 61.6 Å². The van der Waals surface area contributed by atoms with Gasteiger partial charge in [-0.3, -0.25) is 0 Å². The van der Waals surface area contributed by atoms with Crippen LogP contribution in [-0.4, -0.2) is 9.97 Å². The first-order chi connectivity index (χ1) is 8.99. The maximum atomic E-state index is 8.85. The van der Waals surface area contributed by atoms with E-state index in [1.54, 1.807) is 19.1 Å². The van der Waals surface area contributed by atoms with Crippen LogP contribution in [0, 0.1) is 18.3 Å². The van der Waals surface area contributed by atoms with Crippen LogP contribution in [0.1, 0.15) is 11.4 Å². The van der Waals surface area contributed by atoms with Gasteiger partial charge in [-0.15, -0.1) is 0 Å². The fourth-order valence-corrected chi connectivity index (χ4v) is 2.01. The average molecular weight is 314 g/mol. The monoisotopic (exact) mass is 312 g/mol. The molecule has 0 saturated carbocycles. The Morgan fingerprint density at radius 1 is 1.05 bits per heavy atom. The van der Waals surface area contributed by atoms with Gasteiger partial charge in [0.2, 0.25) is 5.95 Å². The number of rotatable bonds is 2. The van der Waals surface area contributed by atoms with Crippen LogP contribution in [0.3, 0.4) is 0 Å². The number of nitriles is 1. The molecule has 0 fully saturated rings. The first-order valence-corrected chi connectivity index (χ1v) is 6.30. The van der Waals surface area contributed by atoms with E-state index in [4.69, 9.17) is 40.1 Å². The molecule has 0 bridgehead atoms. The van der Waals surface area contributed by atoms with E-state index in [-0.39, 0.29) is 11.6 Å². The van der Waals surface area contributed by atoms with Gasteiger partial charge in [0, 0.05) is 5.69 Å². The van der Waals surface area contributed by atoms with Crippen molar-refractivity contribution in [3.8, 4) is 6.07 Å². The molecule has 0 atom stereocenters. The van der Waals surface area contributed by atoms with Crippen molar-refractivity contribution in [1.82, 2.24) is 9.97 Å². The Morgan fingerprint density at radius 3 is 2.42 bits per heavy atom. The van der Waals surface area contributed by atoms with E-state index in [0.29, 0.717) is 26.4 Å². The fourth-order valence-electron chi connectivity index (χ4n) is 1.42. The second kappa shape index (κ2) is 5.62. The molecule has 1 heterocycles. The van der Waals surface area contributed by atoms with E-state index in [2.05, 4.69) is 15.3 Å². The van der Waals surface area contributed by atoms with Crippen LogP contribution in [0.4, 0.5) is 11.6 Å². The van der Waals surface area contributed by atoms with Crippen LogP contribution < -0.4 is 5.32 Å². The molecule has 1 aromatic carbocycles. The zero-order chi connectivity index (χ0) is 14.0. The Kier molecular flexibility index (Phi) is 4.11. The first kappa shape index (κ1) is 13.9. The predicted molar refractivity (Wildman–Crippen MR) is 76.2 cm³/mol. The lowest BCUT2D eigenvalue weighted by molar-refractivity contribution is 1.09. The van der Waals surface area contributed by atoms with Crippen LogP contribution in [-0.2, 0) is 0 Å². The number of hydrogen-bond donors (Lipinski definition) is 1. The van der Waals surface area contributed by atoms with Crippen LogP contribution in [0.15, 0.2) is 18.2 Å². The summed E-state index contributed by atoms with van der Waals surface area (Å²) in [5.41, 5.74) is 1.46. The van der Waals surface area contributed by atoms with Crippen molar-refractivity contribution >= 4 is 46.4 Å². The highest BCUT2D eigenvalue weighted by Crippen LogP contribution is 2.33. The zero-order valence-electron chi connectivity index (χ0n) is 9.71. The fraction of sp³-hybridized carbons (Fsp3) is 0.0833. The van der Waals surface area contributed by atoms with Crippen molar-refractivity contribution in [2.45, 2.75) is 6.92 Å². The molecule has 7 heteroatoms. The molecule has 0 radical (unpaired) electrons. The highest BCUT2D eigenvalue weighted by molar-refractivity contribution is 6.44. The average Bonchev–Trinajstić information content (AvgIpc) is 2.35. The number of aromatic nitrogens is 2. The molecule has 2 aromatic rings. The van der Waals surface area contributed by atoms with Gasteiger partial charge in [0.15, 0.2) is 0 Å². The summed E-state index contributed by atoms with van der Waals surface area (Å²) in [6.07, 6.45) is 0. The number of nitrogens with zero attached hydrogens (tertiary/aromatic N) is 3. The van der Waals surface area contributed by atoms with E-state index < -0.39 is 0 Å². The minimum Gasteiger partial charge on any atom is -0.323 e. The normalized spacial score (nSPS) is 10.1. The SMILES string of the molecule is Cc1cc(C#N)nc(Nc2cc(Cl)c(Cl)cc2Cl)n1. The molecule has 0 aliphatic carbocycles. The van der Waals surface area contributed by atoms with E-state index in [0.717, 1.165) is 0 Å². The molecule has 1 aromatic heterocycles. The van der Waals surface area contributed by atoms with Gasteiger partial charge < -0.3 is 5.32 Å². The molecule has 1 N–H and O–H groups in total. The lowest BCUT2D eigenvalue weighted by Crippen LogP contribution is -2.01. The van der Waals surface area contributed by atoms with E-state index in [1.807, 2.05) is 6.07 Å². The van der Waals surface area contributed by atoms with Crippen LogP contribution >= 0.6 is 34.8 Å². The molecule has 4 nitrogen and oxygen atoms in total. The third-order valence-electron chi connectivity index (χ3n) is 2.23. The second-order valence-corrected chi connectivity index (χ2v) is 4.92. The standard InChI is InChI=1S/C12H7Cl3N4/c1-6-2-7(5-16)18-12(17-6)19-11-4-9(14)8(13)3-10(11)15/h2-4H,1H3,(H,17,18,19). The number of aryl methyl sites for hydroxylation is 1.